The van der Waals surface area contributed by atoms with Gasteiger partial charge in [-0.05, 0) is 26.0 Å². The van der Waals surface area contributed by atoms with Crippen LogP contribution in [0.15, 0.2) is 23.6 Å². The second-order valence-electron chi connectivity index (χ2n) is 4.43. The van der Waals surface area contributed by atoms with E-state index in [9.17, 15) is 5.11 Å². The van der Waals surface area contributed by atoms with Crippen LogP contribution < -0.4 is 5.32 Å². The molecule has 0 bridgehead atoms. The van der Waals surface area contributed by atoms with Crippen LogP contribution in [0.4, 0.5) is 0 Å². The van der Waals surface area contributed by atoms with Gasteiger partial charge in [0.15, 0.2) is 0 Å². The van der Waals surface area contributed by atoms with Crippen molar-refractivity contribution in [3.63, 3.8) is 0 Å². The van der Waals surface area contributed by atoms with Crippen LogP contribution >= 0.6 is 11.8 Å². The molecule has 5 heteroatoms. The molecule has 0 aliphatic carbocycles. The molecule has 17 heavy (non-hydrogen) atoms. The predicted octanol–water partition coefficient (Wildman–Crippen LogP) is 1.71. The highest BCUT2D eigenvalue weighted by atomic mass is 32.2. The van der Waals surface area contributed by atoms with Gasteiger partial charge in [0.2, 0.25) is 0 Å². The standard InChI is InChI=1S/C12H21N3OS/c1-4-15-12(3,8-16)7-10(2)17-11-5-6-13-9-14-11/h5-6,9-10,15-16H,4,7-8H2,1-3H3. The molecular weight excluding hydrogens is 234 g/mol. The number of hydrogen-bond acceptors (Lipinski definition) is 5. The molecular formula is C12H21N3OS. The molecule has 2 N–H and O–H groups in total. The predicted molar refractivity (Wildman–Crippen MR) is 71.1 cm³/mol. The fraction of sp³-hybridized carbons (Fsp3) is 0.667. The van der Waals surface area contributed by atoms with E-state index in [1.54, 1.807) is 24.3 Å². The molecule has 1 heterocycles. The monoisotopic (exact) mass is 255 g/mol. The van der Waals surface area contributed by atoms with Crippen molar-refractivity contribution in [1.29, 1.82) is 0 Å². The smallest absolute Gasteiger partial charge is 0.116 e. The quantitative estimate of drug-likeness (QED) is 0.574. The molecule has 0 amide bonds. The Morgan fingerprint density at radius 2 is 2.35 bits per heavy atom. The minimum atomic E-state index is -0.214. The Hall–Kier alpha value is -0.650. The van der Waals surface area contributed by atoms with Crippen molar-refractivity contribution in [3.05, 3.63) is 18.6 Å². The summed E-state index contributed by atoms with van der Waals surface area (Å²) in [5, 5.41) is 14.1. The number of aromatic nitrogens is 2. The highest BCUT2D eigenvalue weighted by Crippen LogP contribution is 2.26. The van der Waals surface area contributed by atoms with Crippen molar-refractivity contribution in [3.8, 4) is 0 Å². The molecule has 0 radical (unpaired) electrons. The summed E-state index contributed by atoms with van der Waals surface area (Å²) in [5.41, 5.74) is -0.214. The van der Waals surface area contributed by atoms with E-state index in [1.165, 1.54) is 0 Å². The highest BCUT2D eigenvalue weighted by molar-refractivity contribution is 7.99. The van der Waals surface area contributed by atoms with Crippen LogP contribution in [0.5, 0.6) is 0 Å². The number of hydrogen-bond donors (Lipinski definition) is 2. The fourth-order valence-corrected chi connectivity index (χ4v) is 2.96. The van der Waals surface area contributed by atoms with E-state index in [-0.39, 0.29) is 12.1 Å². The number of rotatable bonds is 7. The molecule has 0 aliphatic rings. The zero-order valence-electron chi connectivity index (χ0n) is 10.7. The lowest BCUT2D eigenvalue weighted by Crippen LogP contribution is -2.47. The lowest BCUT2D eigenvalue weighted by atomic mass is 9.97. The van der Waals surface area contributed by atoms with Gasteiger partial charge in [0.25, 0.3) is 0 Å². The number of aliphatic hydroxyl groups excluding tert-OH is 1. The number of aliphatic hydroxyl groups is 1. The Balaban J connectivity index is 2.51. The molecule has 0 saturated heterocycles. The zero-order chi connectivity index (χ0) is 12.7. The first-order valence-corrected chi connectivity index (χ1v) is 6.76. The van der Waals surface area contributed by atoms with Crippen LogP contribution in [0.3, 0.4) is 0 Å². The molecule has 2 atom stereocenters. The average molecular weight is 255 g/mol. The molecule has 0 aliphatic heterocycles. The van der Waals surface area contributed by atoms with Crippen LogP contribution in [0, 0.1) is 0 Å². The number of thioether (sulfide) groups is 1. The third kappa shape index (κ3) is 5.02. The lowest BCUT2D eigenvalue weighted by molar-refractivity contribution is 0.168. The summed E-state index contributed by atoms with van der Waals surface area (Å²) >= 11 is 1.71. The van der Waals surface area contributed by atoms with Crippen molar-refractivity contribution in [2.24, 2.45) is 0 Å². The average Bonchev–Trinajstić information content (AvgIpc) is 2.30. The fourth-order valence-electron chi connectivity index (χ4n) is 1.85. The van der Waals surface area contributed by atoms with Crippen LogP contribution in [0.1, 0.15) is 27.2 Å². The summed E-state index contributed by atoms with van der Waals surface area (Å²) in [5.74, 6) is 0. The lowest BCUT2D eigenvalue weighted by Gasteiger charge is -2.30. The third-order valence-electron chi connectivity index (χ3n) is 2.57. The Bertz CT molecular complexity index is 323. The van der Waals surface area contributed by atoms with E-state index >= 15 is 0 Å². The van der Waals surface area contributed by atoms with E-state index in [0.29, 0.717) is 5.25 Å². The Morgan fingerprint density at radius 1 is 1.59 bits per heavy atom. The summed E-state index contributed by atoms with van der Waals surface area (Å²) in [6.45, 7) is 7.26. The van der Waals surface area contributed by atoms with Gasteiger partial charge in [0.1, 0.15) is 6.33 Å². The second kappa shape index (κ2) is 6.93. The number of likely N-dealkylation sites (N-methyl/N-ethyl adjacent to an activating group) is 1. The van der Waals surface area contributed by atoms with Crippen LogP contribution in [0.25, 0.3) is 0 Å². The first-order valence-electron chi connectivity index (χ1n) is 5.88. The Morgan fingerprint density at radius 3 is 2.88 bits per heavy atom. The van der Waals surface area contributed by atoms with Gasteiger partial charge in [0, 0.05) is 17.0 Å². The van der Waals surface area contributed by atoms with Crippen LogP contribution in [-0.4, -0.2) is 39.0 Å². The molecule has 0 fully saturated rings. The summed E-state index contributed by atoms with van der Waals surface area (Å²) in [4.78, 5) is 8.09. The van der Waals surface area contributed by atoms with Gasteiger partial charge < -0.3 is 10.4 Å². The van der Waals surface area contributed by atoms with Gasteiger partial charge in [-0.1, -0.05) is 13.8 Å². The first-order chi connectivity index (χ1) is 8.09. The molecule has 96 valence electrons. The van der Waals surface area contributed by atoms with Gasteiger partial charge in [-0.15, -0.1) is 11.8 Å². The normalized spacial score (nSPS) is 16.5. The molecule has 1 rings (SSSR count). The maximum Gasteiger partial charge on any atom is 0.116 e. The summed E-state index contributed by atoms with van der Waals surface area (Å²) < 4.78 is 0. The maximum atomic E-state index is 9.43. The van der Waals surface area contributed by atoms with Gasteiger partial charge in [-0.2, -0.15) is 0 Å². The van der Waals surface area contributed by atoms with Crippen molar-refractivity contribution in [1.82, 2.24) is 15.3 Å². The molecule has 2 unspecified atom stereocenters. The second-order valence-corrected chi connectivity index (χ2v) is 5.89. The molecule has 1 aromatic heterocycles. The molecule has 0 spiro atoms. The van der Waals surface area contributed by atoms with Gasteiger partial charge in [-0.25, -0.2) is 9.97 Å². The van der Waals surface area contributed by atoms with Gasteiger partial charge in [0.05, 0.1) is 11.6 Å². The third-order valence-corrected chi connectivity index (χ3v) is 3.62. The van der Waals surface area contributed by atoms with Gasteiger partial charge >= 0.3 is 0 Å². The van der Waals surface area contributed by atoms with Crippen molar-refractivity contribution < 1.29 is 5.11 Å². The van der Waals surface area contributed by atoms with Crippen LogP contribution in [0.2, 0.25) is 0 Å². The Labute approximate surface area is 107 Å². The molecule has 0 aromatic carbocycles. The minimum absolute atomic E-state index is 0.148. The van der Waals surface area contributed by atoms with Crippen LogP contribution in [-0.2, 0) is 0 Å². The highest BCUT2D eigenvalue weighted by Gasteiger charge is 2.25. The first kappa shape index (κ1) is 14.4. The van der Waals surface area contributed by atoms with Crippen molar-refractivity contribution >= 4 is 11.8 Å². The Kier molecular flexibility index (Phi) is 5.88. The summed E-state index contributed by atoms with van der Waals surface area (Å²) in [6.07, 6.45) is 4.20. The maximum absolute atomic E-state index is 9.43. The van der Waals surface area contributed by atoms with Gasteiger partial charge in [-0.3, -0.25) is 0 Å². The topological polar surface area (TPSA) is 58.0 Å². The molecule has 1 aromatic rings. The minimum Gasteiger partial charge on any atom is -0.394 e. The zero-order valence-corrected chi connectivity index (χ0v) is 11.5. The van der Waals surface area contributed by atoms with E-state index in [4.69, 9.17) is 0 Å². The largest absolute Gasteiger partial charge is 0.394 e. The summed E-state index contributed by atoms with van der Waals surface area (Å²) in [6, 6.07) is 1.91. The molecule has 4 nitrogen and oxygen atoms in total. The van der Waals surface area contributed by atoms with E-state index < -0.39 is 0 Å². The number of nitrogens with one attached hydrogen (secondary N) is 1. The van der Waals surface area contributed by atoms with Crippen molar-refractivity contribution in [2.75, 3.05) is 13.2 Å². The van der Waals surface area contributed by atoms with E-state index in [1.807, 2.05) is 13.0 Å². The van der Waals surface area contributed by atoms with E-state index in [0.717, 1.165) is 18.0 Å². The molecule has 0 saturated carbocycles. The van der Waals surface area contributed by atoms with Crippen molar-refractivity contribution in [2.45, 2.75) is 43.0 Å². The van der Waals surface area contributed by atoms with E-state index in [2.05, 4.69) is 29.1 Å². The number of nitrogens with zero attached hydrogens (tertiary/aromatic N) is 2. The summed E-state index contributed by atoms with van der Waals surface area (Å²) in [7, 11) is 0. The SMILES string of the molecule is CCNC(C)(CO)CC(C)Sc1ccncn1.